The molecule has 0 unspecified atom stereocenters. The second kappa shape index (κ2) is 7.10. The maximum absolute atomic E-state index is 13.9. The van der Waals surface area contributed by atoms with Crippen molar-refractivity contribution < 1.29 is 13.6 Å². The van der Waals surface area contributed by atoms with Crippen molar-refractivity contribution in [3.05, 3.63) is 54.0 Å². The van der Waals surface area contributed by atoms with Gasteiger partial charge in [0, 0.05) is 30.8 Å². The Bertz CT molecular complexity index is 983. The second-order valence-corrected chi connectivity index (χ2v) is 6.20. The predicted octanol–water partition coefficient (Wildman–Crippen LogP) is 3.00. The maximum Gasteiger partial charge on any atom is 0.274 e. The van der Waals surface area contributed by atoms with E-state index in [1.807, 2.05) is 0 Å². The molecule has 1 aromatic carbocycles. The van der Waals surface area contributed by atoms with E-state index in [0.717, 1.165) is 43.9 Å². The molecule has 1 aliphatic rings. The topological polar surface area (TPSA) is 86.8 Å². The summed E-state index contributed by atoms with van der Waals surface area (Å²) >= 11 is 0. The van der Waals surface area contributed by atoms with Crippen LogP contribution in [0.3, 0.4) is 0 Å². The lowest BCUT2D eigenvalue weighted by Gasteiger charge is -2.16. The van der Waals surface area contributed by atoms with Crippen LogP contribution < -0.4 is 10.2 Å². The number of carbonyl (C=O) groups excluding carboxylic acids is 1. The molecule has 0 saturated carbocycles. The summed E-state index contributed by atoms with van der Waals surface area (Å²) in [6.07, 6.45) is 3.63. The maximum atomic E-state index is 13.9. The third kappa shape index (κ3) is 3.62. The van der Waals surface area contributed by atoms with E-state index >= 15 is 0 Å². The number of aromatic amines is 1. The third-order valence-electron chi connectivity index (χ3n) is 4.35. The van der Waals surface area contributed by atoms with Crippen molar-refractivity contribution in [1.82, 2.24) is 20.2 Å². The van der Waals surface area contributed by atoms with Gasteiger partial charge in [0.25, 0.3) is 5.91 Å². The molecule has 0 atom stereocenters. The number of rotatable bonds is 4. The minimum Gasteiger partial charge on any atom is -0.356 e. The number of nitrogens with one attached hydrogen (secondary N) is 2. The number of aromatic nitrogens is 4. The Labute approximate surface area is 153 Å². The van der Waals surface area contributed by atoms with E-state index in [1.54, 1.807) is 6.07 Å². The summed E-state index contributed by atoms with van der Waals surface area (Å²) in [5.41, 5.74) is 0.443. The highest BCUT2D eigenvalue weighted by Crippen LogP contribution is 2.23. The van der Waals surface area contributed by atoms with Gasteiger partial charge in [-0.05, 0) is 31.0 Å². The normalized spacial score (nSPS) is 13.8. The minimum absolute atomic E-state index is 0.102. The molecule has 27 heavy (non-hydrogen) atoms. The zero-order valence-corrected chi connectivity index (χ0v) is 14.2. The molecule has 1 saturated heterocycles. The van der Waals surface area contributed by atoms with Crippen LogP contribution in [0, 0.1) is 11.6 Å². The molecule has 2 aromatic heterocycles. The lowest BCUT2D eigenvalue weighted by molar-refractivity contribution is 0.102. The molecule has 0 spiro atoms. The van der Waals surface area contributed by atoms with Crippen LogP contribution in [0.1, 0.15) is 23.3 Å². The van der Waals surface area contributed by atoms with Crippen molar-refractivity contribution in [2.45, 2.75) is 12.8 Å². The van der Waals surface area contributed by atoms with Crippen LogP contribution in [-0.4, -0.2) is 39.2 Å². The Morgan fingerprint density at radius 3 is 2.70 bits per heavy atom. The van der Waals surface area contributed by atoms with E-state index in [2.05, 4.69) is 30.4 Å². The van der Waals surface area contributed by atoms with Gasteiger partial charge in [-0.25, -0.2) is 18.7 Å². The van der Waals surface area contributed by atoms with Crippen LogP contribution in [0.25, 0.3) is 11.3 Å². The van der Waals surface area contributed by atoms with Gasteiger partial charge < -0.3 is 10.2 Å². The zero-order valence-electron chi connectivity index (χ0n) is 14.2. The Morgan fingerprint density at radius 2 is 1.93 bits per heavy atom. The number of halogens is 2. The Morgan fingerprint density at radius 1 is 1.11 bits per heavy atom. The van der Waals surface area contributed by atoms with Crippen LogP contribution in [0.15, 0.2) is 36.7 Å². The lowest BCUT2D eigenvalue weighted by Crippen LogP contribution is -2.20. The second-order valence-electron chi connectivity index (χ2n) is 6.20. The molecular weight excluding hydrogens is 354 g/mol. The molecular formula is C18H16F2N6O. The van der Waals surface area contributed by atoms with E-state index in [1.165, 1.54) is 18.5 Å². The summed E-state index contributed by atoms with van der Waals surface area (Å²) in [6.45, 7) is 1.86. The van der Waals surface area contributed by atoms with Gasteiger partial charge in [0.15, 0.2) is 0 Å². The van der Waals surface area contributed by atoms with E-state index in [9.17, 15) is 13.6 Å². The number of hydrogen-bond acceptors (Lipinski definition) is 5. The van der Waals surface area contributed by atoms with Crippen molar-refractivity contribution >= 4 is 17.5 Å². The van der Waals surface area contributed by atoms with Crippen LogP contribution in [0.2, 0.25) is 0 Å². The van der Waals surface area contributed by atoms with Crippen LogP contribution in [-0.2, 0) is 0 Å². The van der Waals surface area contributed by atoms with Crippen LogP contribution in [0.4, 0.5) is 20.4 Å². The van der Waals surface area contributed by atoms with Crippen molar-refractivity contribution in [1.29, 1.82) is 0 Å². The number of nitrogens with zero attached hydrogens (tertiary/aromatic N) is 4. The van der Waals surface area contributed by atoms with E-state index in [0.29, 0.717) is 5.82 Å². The number of carbonyl (C=O) groups is 1. The van der Waals surface area contributed by atoms with Crippen molar-refractivity contribution in [3.8, 4) is 11.3 Å². The monoisotopic (exact) mass is 370 g/mol. The number of anilines is 2. The third-order valence-corrected chi connectivity index (χ3v) is 4.35. The molecule has 7 nitrogen and oxygen atoms in total. The highest BCUT2D eigenvalue weighted by molar-refractivity contribution is 6.03. The summed E-state index contributed by atoms with van der Waals surface area (Å²) in [6, 6.07) is 6.28. The first-order valence-electron chi connectivity index (χ1n) is 8.49. The van der Waals surface area contributed by atoms with Gasteiger partial charge in [-0.1, -0.05) is 0 Å². The number of benzene rings is 1. The molecule has 3 heterocycles. The molecule has 2 N–H and O–H groups in total. The Hall–Kier alpha value is -3.36. The molecule has 4 rings (SSSR count). The molecule has 0 radical (unpaired) electrons. The predicted molar refractivity (Wildman–Crippen MR) is 95.4 cm³/mol. The molecule has 9 heteroatoms. The highest BCUT2D eigenvalue weighted by Gasteiger charge is 2.17. The first-order valence-corrected chi connectivity index (χ1v) is 8.49. The van der Waals surface area contributed by atoms with Gasteiger partial charge in [0.05, 0.1) is 5.69 Å². The Kier molecular flexibility index (Phi) is 4.49. The van der Waals surface area contributed by atoms with Gasteiger partial charge in [-0.15, -0.1) is 0 Å². The van der Waals surface area contributed by atoms with Gasteiger partial charge >= 0.3 is 0 Å². The Balaban J connectivity index is 1.51. The largest absolute Gasteiger partial charge is 0.356 e. The number of amides is 1. The minimum atomic E-state index is -0.750. The summed E-state index contributed by atoms with van der Waals surface area (Å²) in [5, 5.41) is 9.16. The van der Waals surface area contributed by atoms with Gasteiger partial charge in [-0.3, -0.25) is 9.89 Å². The summed E-state index contributed by atoms with van der Waals surface area (Å²) in [5.74, 6) is -0.776. The first-order chi connectivity index (χ1) is 13.1. The summed E-state index contributed by atoms with van der Waals surface area (Å²) in [7, 11) is 0. The van der Waals surface area contributed by atoms with Crippen LogP contribution >= 0.6 is 0 Å². The smallest absolute Gasteiger partial charge is 0.274 e. The number of hydrogen-bond donors (Lipinski definition) is 2. The summed E-state index contributed by atoms with van der Waals surface area (Å²) in [4.78, 5) is 22.8. The molecule has 0 bridgehead atoms. The van der Waals surface area contributed by atoms with Crippen molar-refractivity contribution in [3.63, 3.8) is 0 Å². The standard InChI is InChI=1S/C18H16F2N6O/c19-11-3-4-12(13(20)7-11)14-8-15(25-24-14)18(27)23-16-9-17(22-10-21-16)26-5-1-2-6-26/h3-4,7-10H,1-2,5-6H2,(H,24,25)(H,21,22,23,27). The molecule has 0 aliphatic carbocycles. The van der Waals surface area contributed by atoms with E-state index in [4.69, 9.17) is 0 Å². The van der Waals surface area contributed by atoms with Gasteiger partial charge in [0.2, 0.25) is 0 Å². The van der Waals surface area contributed by atoms with Gasteiger partial charge in [0.1, 0.15) is 35.3 Å². The van der Waals surface area contributed by atoms with Crippen molar-refractivity contribution in [2.75, 3.05) is 23.3 Å². The fraction of sp³-hybridized carbons (Fsp3) is 0.222. The SMILES string of the molecule is O=C(Nc1cc(N2CCCC2)ncn1)c1cc(-c2ccc(F)cc2F)n[nH]1. The molecule has 1 aliphatic heterocycles. The fourth-order valence-corrected chi connectivity index (χ4v) is 2.99. The van der Waals surface area contributed by atoms with Gasteiger partial charge in [-0.2, -0.15) is 5.10 Å². The average molecular weight is 370 g/mol. The summed E-state index contributed by atoms with van der Waals surface area (Å²) < 4.78 is 26.9. The fourth-order valence-electron chi connectivity index (χ4n) is 2.99. The lowest BCUT2D eigenvalue weighted by atomic mass is 10.1. The molecule has 1 fully saturated rings. The highest BCUT2D eigenvalue weighted by atomic mass is 19.1. The molecule has 1 amide bonds. The molecule has 138 valence electrons. The zero-order chi connectivity index (χ0) is 18.8. The van der Waals surface area contributed by atoms with E-state index < -0.39 is 17.5 Å². The first kappa shape index (κ1) is 17.1. The number of H-pyrrole nitrogens is 1. The molecule has 3 aromatic rings. The van der Waals surface area contributed by atoms with Crippen molar-refractivity contribution in [2.24, 2.45) is 0 Å². The van der Waals surface area contributed by atoms with E-state index in [-0.39, 0.29) is 17.0 Å². The quantitative estimate of drug-likeness (QED) is 0.737. The average Bonchev–Trinajstić information content (AvgIpc) is 3.34. The van der Waals surface area contributed by atoms with Crippen LogP contribution in [0.5, 0.6) is 0 Å².